The quantitative estimate of drug-likeness (QED) is 0.818. The number of anilines is 1. The van der Waals surface area contributed by atoms with Gasteiger partial charge in [-0.25, -0.2) is 18.4 Å². The van der Waals surface area contributed by atoms with Crippen molar-refractivity contribution >= 4 is 15.5 Å². The Bertz CT molecular complexity index is 541. The summed E-state index contributed by atoms with van der Waals surface area (Å²) in [6, 6.07) is 0. The number of hydrogen-bond donors (Lipinski definition) is 1. The molecular weight excluding hydrogens is 238 g/mol. The third-order valence-corrected chi connectivity index (χ3v) is 4.09. The number of nitrogens with two attached hydrogens (primary N) is 1. The van der Waals surface area contributed by atoms with Crippen molar-refractivity contribution in [1.29, 1.82) is 0 Å². The van der Waals surface area contributed by atoms with Crippen LogP contribution in [0.5, 0.6) is 0 Å². The third kappa shape index (κ3) is 2.01. The molecule has 5 nitrogen and oxygen atoms in total. The molecule has 6 heteroatoms. The Hall–Kier alpha value is -1.17. The van der Waals surface area contributed by atoms with E-state index in [2.05, 4.69) is 9.97 Å². The zero-order valence-electron chi connectivity index (χ0n) is 9.68. The molecule has 92 valence electrons. The van der Waals surface area contributed by atoms with Crippen LogP contribution in [0, 0.1) is 0 Å². The summed E-state index contributed by atoms with van der Waals surface area (Å²) in [5.41, 5.74) is 8.19. The highest BCUT2D eigenvalue weighted by atomic mass is 32.2. The van der Waals surface area contributed by atoms with Gasteiger partial charge < -0.3 is 5.73 Å². The van der Waals surface area contributed by atoms with Gasteiger partial charge in [-0.1, -0.05) is 0 Å². The first-order valence-corrected chi connectivity index (χ1v) is 7.73. The summed E-state index contributed by atoms with van der Waals surface area (Å²) in [7, 11) is -3.35. The lowest BCUT2D eigenvalue weighted by molar-refractivity contribution is 0.590. The van der Waals surface area contributed by atoms with E-state index in [-0.39, 0.29) is 5.16 Å². The molecule has 2 saturated carbocycles. The van der Waals surface area contributed by atoms with Gasteiger partial charge in [0.25, 0.3) is 0 Å². The molecule has 3 rings (SSSR count). The van der Waals surface area contributed by atoms with Gasteiger partial charge in [0.1, 0.15) is 0 Å². The molecule has 2 aliphatic rings. The van der Waals surface area contributed by atoms with Gasteiger partial charge in [-0.3, -0.25) is 0 Å². The molecule has 2 aliphatic carbocycles. The van der Waals surface area contributed by atoms with E-state index in [1.807, 2.05) is 0 Å². The minimum absolute atomic E-state index is 0.0597. The van der Waals surface area contributed by atoms with Crippen LogP contribution in [0.3, 0.4) is 0 Å². The van der Waals surface area contributed by atoms with E-state index in [9.17, 15) is 8.42 Å². The topological polar surface area (TPSA) is 85.9 Å². The first-order valence-electron chi connectivity index (χ1n) is 5.84. The molecule has 0 radical (unpaired) electrons. The molecular formula is C11H15N3O2S. The highest BCUT2D eigenvalue weighted by Gasteiger charge is 2.35. The number of nitrogen functional groups attached to an aromatic ring is 1. The van der Waals surface area contributed by atoms with E-state index in [4.69, 9.17) is 5.73 Å². The largest absolute Gasteiger partial charge is 0.396 e. The molecule has 0 amide bonds. The monoisotopic (exact) mass is 253 g/mol. The molecule has 0 saturated heterocycles. The van der Waals surface area contributed by atoms with Crippen molar-refractivity contribution < 1.29 is 8.42 Å². The highest BCUT2D eigenvalue weighted by molar-refractivity contribution is 7.90. The molecule has 0 aliphatic heterocycles. The van der Waals surface area contributed by atoms with Crippen molar-refractivity contribution in [3.63, 3.8) is 0 Å². The van der Waals surface area contributed by atoms with Gasteiger partial charge in [0.15, 0.2) is 0 Å². The van der Waals surface area contributed by atoms with Crippen molar-refractivity contribution in [3.8, 4) is 0 Å². The van der Waals surface area contributed by atoms with Gasteiger partial charge in [0.2, 0.25) is 15.0 Å². The Morgan fingerprint density at radius 2 is 1.47 bits per heavy atom. The van der Waals surface area contributed by atoms with Crippen molar-refractivity contribution in [3.05, 3.63) is 11.4 Å². The molecule has 0 atom stereocenters. The first kappa shape index (κ1) is 11.0. The molecule has 2 N–H and O–H groups in total. The predicted octanol–water partition coefficient (Wildman–Crippen LogP) is 1.22. The summed E-state index contributed by atoms with van der Waals surface area (Å²) in [6.45, 7) is 0. The minimum Gasteiger partial charge on any atom is -0.396 e. The molecule has 1 aromatic heterocycles. The Morgan fingerprint density at radius 1 is 1.06 bits per heavy atom. The maximum atomic E-state index is 11.6. The lowest BCUT2D eigenvalue weighted by Crippen LogP contribution is -2.12. The third-order valence-electron chi connectivity index (χ3n) is 3.24. The second kappa shape index (κ2) is 3.41. The van der Waals surface area contributed by atoms with Gasteiger partial charge in [0.05, 0.1) is 17.1 Å². The van der Waals surface area contributed by atoms with Gasteiger partial charge in [0, 0.05) is 18.1 Å². The van der Waals surface area contributed by atoms with Gasteiger partial charge in [-0.15, -0.1) is 0 Å². The first-order chi connectivity index (χ1) is 7.97. The zero-order chi connectivity index (χ0) is 12.2. The molecule has 1 aromatic rings. The van der Waals surface area contributed by atoms with Gasteiger partial charge >= 0.3 is 0 Å². The standard InChI is InChI=1S/C11H15N3O2S/c1-17(15,16)11-13-9(6-2-3-6)8(12)10(14-11)7-4-5-7/h6-7H,2-5,12H2,1H3. The number of aromatic nitrogens is 2. The Morgan fingerprint density at radius 3 is 1.76 bits per heavy atom. The van der Waals surface area contributed by atoms with Crippen LogP contribution in [0.15, 0.2) is 5.16 Å². The zero-order valence-corrected chi connectivity index (χ0v) is 10.5. The molecule has 1 heterocycles. The molecule has 0 bridgehead atoms. The van der Waals surface area contributed by atoms with Crippen LogP contribution in [0.2, 0.25) is 0 Å². The maximum absolute atomic E-state index is 11.6. The van der Waals surface area contributed by atoms with Crippen molar-refractivity contribution in [1.82, 2.24) is 9.97 Å². The fourth-order valence-corrected chi connectivity index (χ4v) is 2.51. The fourth-order valence-electron chi connectivity index (χ4n) is 1.98. The lowest BCUT2D eigenvalue weighted by Gasteiger charge is -2.10. The summed E-state index contributed by atoms with van der Waals surface area (Å²) < 4.78 is 23.1. The van der Waals surface area contributed by atoms with E-state index in [1.54, 1.807) is 0 Å². The van der Waals surface area contributed by atoms with E-state index in [0.717, 1.165) is 43.3 Å². The summed E-state index contributed by atoms with van der Waals surface area (Å²) in [6.07, 6.45) is 5.35. The van der Waals surface area contributed by atoms with Crippen LogP contribution in [0.1, 0.15) is 48.9 Å². The second-order valence-corrected chi connectivity index (χ2v) is 6.92. The Kier molecular flexibility index (Phi) is 2.20. The lowest BCUT2D eigenvalue weighted by atomic mass is 10.1. The van der Waals surface area contributed by atoms with Crippen LogP contribution in [0.4, 0.5) is 5.69 Å². The number of sulfone groups is 1. The molecule has 2 fully saturated rings. The van der Waals surface area contributed by atoms with E-state index < -0.39 is 9.84 Å². The average Bonchev–Trinajstić information content (AvgIpc) is 3.11. The smallest absolute Gasteiger partial charge is 0.247 e. The van der Waals surface area contributed by atoms with E-state index in [0.29, 0.717) is 17.5 Å². The van der Waals surface area contributed by atoms with Crippen LogP contribution < -0.4 is 5.73 Å². The second-order valence-electron chi connectivity index (χ2n) is 5.01. The molecule has 0 spiro atoms. The van der Waals surface area contributed by atoms with Crippen LogP contribution >= 0.6 is 0 Å². The highest BCUT2D eigenvalue weighted by Crippen LogP contribution is 2.47. The van der Waals surface area contributed by atoms with Crippen LogP contribution in [0.25, 0.3) is 0 Å². The number of nitrogens with zero attached hydrogens (tertiary/aromatic N) is 2. The van der Waals surface area contributed by atoms with Crippen molar-refractivity contribution in [2.45, 2.75) is 42.7 Å². The molecule has 0 unspecified atom stereocenters. The SMILES string of the molecule is CS(=O)(=O)c1nc(C2CC2)c(N)c(C2CC2)n1. The molecule has 17 heavy (non-hydrogen) atoms. The number of rotatable bonds is 3. The summed E-state index contributed by atoms with van der Waals surface area (Å²) in [5.74, 6) is 0.687. The Labute approximate surface area is 100 Å². The van der Waals surface area contributed by atoms with Crippen LogP contribution in [-0.4, -0.2) is 24.6 Å². The average molecular weight is 253 g/mol. The van der Waals surface area contributed by atoms with E-state index >= 15 is 0 Å². The summed E-state index contributed by atoms with van der Waals surface area (Å²) in [4.78, 5) is 8.30. The van der Waals surface area contributed by atoms with Gasteiger partial charge in [-0.2, -0.15) is 0 Å². The summed E-state index contributed by atoms with van der Waals surface area (Å²) in [5, 5.41) is -0.0597. The Balaban J connectivity index is 2.17. The minimum atomic E-state index is -3.35. The number of hydrogen-bond acceptors (Lipinski definition) is 5. The van der Waals surface area contributed by atoms with E-state index in [1.165, 1.54) is 0 Å². The molecule has 0 aromatic carbocycles. The fraction of sp³-hybridized carbons (Fsp3) is 0.636. The van der Waals surface area contributed by atoms with Crippen molar-refractivity contribution in [2.75, 3.05) is 12.0 Å². The van der Waals surface area contributed by atoms with Crippen LogP contribution in [-0.2, 0) is 9.84 Å². The van der Waals surface area contributed by atoms with Crippen molar-refractivity contribution in [2.24, 2.45) is 0 Å². The normalized spacial score (nSPS) is 20.5. The maximum Gasteiger partial charge on any atom is 0.247 e. The van der Waals surface area contributed by atoms with Gasteiger partial charge in [-0.05, 0) is 25.7 Å². The summed E-state index contributed by atoms with van der Waals surface area (Å²) >= 11 is 0. The predicted molar refractivity (Wildman–Crippen MR) is 63.5 cm³/mol.